The molecule has 0 saturated carbocycles. The van der Waals surface area contributed by atoms with Gasteiger partial charge in [0.15, 0.2) is 0 Å². The monoisotopic (exact) mass is 264 g/mol. The molecule has 1 aromatic rings. The van der Waals surface area contributed by atoms with Crippen LogP contribution >= 0.6 is 0 Å². The SMILES string of the molecule is CCCC[NH2+]CCCCOc1ccc(C(C)C)cc1. The molecule has 0 spiro atoms. The number of quaternary nitrogens is 1. The van der Waals surface area contributed by atoms with Crippen molar-refractivity contribution in [3.63, 3.8) is 0 Å². The highest BCUT2D eigenvalue weighted by atomic mass is 16.5. The zero-order valence-electron chi connectivity index (χ0n) is 12.8. The lowest BCUT2D eigenvalue weighted by Crippen LogP contribution is -2.84. The van der Waals surface area contributed by atoms with Crippen molar-refractivity contribution < 1.29 is 10.1 Å². The van der Waals surface area contributed by atoms with Gasteiger partial charge in [-0.3, -0.25) is 0 Å². The van der Waals surface area contributed by atoms with E-state index in [9.17, 15) is 0 Å². The molecular weight excluding hydrogens is 234 g/mol. The molecule has 0 fully saturated rings. The normalized spacial score (nSPS) is 10.9. The van der Waals surface area contributed by atoms with E-state index in [0.29, 0.717) is 5.92 Å². The van der Waals surface area contributed by atoms with E-state index in [0.717, 1.165) is 18.8 Å². The highest BCUT2D eigenvalue weighted by Gasteiger charge is 1.99. The number of nitrogens with two attached hydrogens (primary N) is 1. The standard InChI is InChI=1S/C17H29NO/c1-4-5-12-18-13-6-7-14-19-17-10-8-16(9-11-17)15(2)3/h8-11,15,18H,4-7,12-14H2,1-3H3/p+1. The third-order valence-electron chi connectivity index (χ3n) is 3.38. The van der Waals surface area contributed by atoms with E-state index in [-0.39, 0.29) is 0 Å². The molecule has 2 nitrogen and oxygen atoms in total. The molecule has 0 saturated heterocycles. The topological polar surface area (TPSA) is 25.8 Å². The van der Waals surface area contributed by atoms with Gasteiger partial charge in [-0.15, -0.1) is 0 Å². The van der Waals surface area contributed by atoms with E-state index in [1.165, 1.54) is 37.9 Å². The fraction of sp³-hybridized carbons (Fsp3) is 0.647. The van der Waals surface area contributed by atoms with E-state index in [1.807, 2.05) is 0 Å². The average molecular weight is 264 g/mol. The molecule has 0 aliphatic rings. The summed E-state index contributed by atoms with van der Waals surface area (Å²) in [5, 5.41) is 2.42. The van der Waals surface area contributed by atoms with Gasteiger partial charge in [0.1, 0.15) is 5.75 Å². The van der Waals surface area contributed by atoms with Crippen molar-refractivity contribution in [3.05, 3.63) is 29.8 Å². The second kappa shape index (κ2) is 9.85. The minimum absolute atomic E-state index is 0.590. The predicted octanol–water partition coefficient (Wildman–Crippen LogP) is 3.33. The first-order valence-electron chi connectivity index (χ1n) is 7.78. The highest BCUT2D eigenvalue weighted by molar-refractivity contribution is 5.28. The molecule has 0 unspecified atom stereocenters. The van der Waals surface area contributed by atoms with E-state index in [4.69, 9.17) is 4.74 Å². The van der Waals surface area contributed by atoms with Crippen LogP contribution in [-0.2, 0) is 0 Å². The predicted molar refractivity (Wildman–Crippen MR) is 81.8 cm³/mol. The summed E-state index contributed by atoms with van der Waals surface area (Å²) in [4.78, 5) is 0. The van der Waals surface area contributed by atoms with Gasteiger partial charge >= 0.3 is 0 Å². The molecule has 19 heavy (non-hydrogen) atoms. The Morgan fingerprint density at radius 2 is 1.68 bits per heavy atom. The minimum Gasteiger partial charge on any atom is -0.494 e. The number of unbranched alkanes of at least 4 members (excludes halogenated alkanes) is 2. The van der Waals surface area contributed by atoms with Crippen LogP contribution in [0.3, 0.4) is 0 Å². The average Bonchev–Trinajstić information content (AvgIpc) is 2.42. The first-order valence-corrected chi connectivity index (χ1v) is 7.78. The minimum atomic E-state index is 0.590. The number of rotatable bonds is 10. The van der Waals surface area contributed by atoms with Gasteiger partial charge in [0.05, 0.1) is 19.7 Å². The van der Waals surface area contributed by atoms with Crippen molar-refractivity contribution in [2.75, 3.05) is 19.7 Å². The lowest BCUT2D eigenvalue weighted by Gasteiger charge is -2.08. The molecule has 2 N–H and O–H groups in total. The van der Waals surface area contributed by atoms with Crippen LogP contribution in [0.1, 0.15) is 57.9 Å². The fourth-order valence-electron chi connectivity index (χ4n) is 2.02. The van der Waals surface area contributed by atoms with Crippen LogP contribution in [0.4, 0.5) is 0 Å². The second-order valence-corrected chi connectivity index (χ2v) is 5.50. The quantitative estimate of drug-likeness (QED) is 0.644. The molecule has 0 aromatic heterocycles. The Kier molecular flexibility index (Phi) is 8.31. The third-order valence-corrected chi connectivity index (χ3v) is 3.38. The first kappa shape index (κ1) is 16.0. The highest BCUT2D eigenvalue weighted by Crippen LogP contribution is 2.18. The van der Waals surface area contributed by atoms with Crippen LogP contribution < -0.4 is 10.1 Å². The van der Waals surface area contributed by atoms with E-state index in [1.54, 1.807) is 0 Å². The summed E-state index contributed by atoms with van der Waals surface area (Å²) in [6.07, 6.45) is 5.02. The third kappa shape index (κ3) is 7.22. The molecule has 0 bridgehead atoms. The second-order valence-electron chi connectivity index (χ2n) is 5.50. The van der Waals surface area contributed by atoms with Crippen molar-refractivity contribution >= 4 is 0 Å². The smallest absolute Gasteiger partial charge is 0.119 e. The van der Waals surface area contributed by atoms with Gasteiger partial charge in [0.25, 0.3) is 0 Å². The molecule has 0 atom stereocenters. The van der Waals surface area contributed by atoms with Gasteiger partial charge in [0.2, 0.25) is 0 Å². The maximum atomic E-state index is 5.75. The van der Waals surface area contributed by atoms with Gasteiger partial charge in [-0.05, 0) is 42.9 Å². The zero-order valence-corrected chi connectivity index (χ0v) is 12.8. The number of ether oxygens (including phenoxy) is 1. The largest absolute Gasteiger partial charge is 0.494 e. The molecule has 0 heterocycles. The van der Waals surface area contributed by atoms with Crippen molar-refractivity contribution in [1.29, 1.82) is 0 Å². The Morgan fingerprint density at radius 1 is 1.00 bits per heavy atom. The summed E-state index contributed by atoms with van der Waals surface area (Å²) >= 11 is 0. The Labute approximate surface area is 118 Å². The summed E-state index contributed by atoms with van der Waals surface area (Å²) in [6.45, 7) is 10.0. The lowest BCUT2D eigenvalue weighted by atomic mass is 10.0. The Morgan fingerprint density at radius 3 is 2.32 bits per heavy atom. The zero-order chi connectivity index (χ0) is 13.9. The van der Waals surface area contributed by atoms with Crippen LogP contribution in [0.2, 0.25) is 0 Å². The molecule has 0 amide bonds. The number of hydrogen-bond acceptors (Lipinski definition) is 1. The maximum absolute atomic E-state index is 5.75. The van der Waals surface area contributed by atoms with Crippen molar-refractivity contribution in [2.45, 2.75) is 52.4 Å². The summed E-state index contributed by atoms with van der Waals surface area (Å²) in [5.74, 6) is 1.59. The van der Waals surface area contributed by atoms with E-state index < -0.39 is 0 Å². The summed E-state index contributed by atoms with van der Waals surface area (Å²) in [7, 11) is 0. The Balaban J connectivity index is 2.06. The summed E-state index contributed by atoms with van der Waals surface area (Å²) in [5.41, 5.74) is 1.37. The lowest BCUT2D eigenvalue weighted by molar-refractivity contribution is -0.655. The van der Waals surface area contributed by atoms with Gasteiger partial charge in [0, 0.05) is 0 Å². The van der Waals surface area contributed by atoms with E-state index >= 15 is 0 Å². The molecule has 2 heteroatoms. The molecule has 0 aliphatic heterocycles. The molecular formula is C17H30NO+. The molecule has 0 radical (unpaired) electrons. The summed E-state index contributed by atoms with van der Waals surface area (Å²) in [6, 6.07) is 8.50. The van der Waals surface area contributed by atoms with Crippen molar-refractivity contribution in [1.82, 2.24) is 0 Å². The van der Waals surface area contributed by atoms with Gasteiger partial charge in [-0.25, -0.2) is 0 Å². The van der Waals surface area contributed by atoms with Gasteiger partial charge in [-0.2, -0.15) is 0 Å². The van der Waals surface area contributed by atoms with Gasteiger partial charge in [-0.1, -0.05) is 39.3 Å². The maximum Gasteiger partial charge on any atom is 0.119 e. The summed E-state index contributed by atoms with van der Waals surface area (Å²) < 4.78 is 5.75. The first-order chi connectivity index (χ1) is 9.24. The molecule has 0 aliphatic carbocycles. The van der Waals surface area contributed by atoms with Crippen molar-refractivity contribution in [3.8, 4) is 5.75 Å². The van der Waals surface area contributed by atoms with Crippen molar-refractivity contribution in [2.24, 2.45) is 0 Å². The molecule has 1 aromatic carbocycles. The number of benzene rings is 1. The van der Waals surface area contributed by atoms with E-state index in [2.05, 4.69) is 50.4 Å². The van der Waals surface area contributed by atoms with Gasteiger partial charge < -0.3 is 10.1 Å². The van der Waals surface area contributed by atoms with Crippen LogP contribution in [0, 0.1) is 0 Å². The Bertz CT molecular complexity index is 319. The fourth-order valence-corrected chi connectivity index (χ4v) is 2.02. The van der Waals surface area contributed by atoms with Crippen LogP contribution in [0.25, 0.3) is 0 Å². The number of hydrogen-bond donors (Lipinski definition) is 1. The van der Waals surface area contributed by atoms with Crippen LogP contribution in [-0.4, -0.2) is 19.7 Å². The molecule has 1 rings (SSSR count). The van der Waals surface area contributed by atoms with Crippen LogP contribution in [0.15, 0.2) is 24.3 Å². The molecule has 108 valence electrons. The van der Waals surface area contributed by atoms with Crippen LogP contribution in [0.5, 0.6) is 5.75 Å². The Hall–Kier alpha value is -1.02.